The maximum absolute atomic E-state index is 12.7. The van der Waals surface area contributed by atoms with Gasteiger partial charge >= 0.3 is 0 Å². The Kier molecular flexibility index (Phi) is 4.40. The molecular formula is C23H32O3. The van der Waals surface area contributed by atoms with Crippen molar-refractivity contribution in [3.05, 3.63) is 24.5 Å². The average molecular weight is 357 g/mol. The van der Waals surface area contributed by atoms with Crippen LogP contribution < -0.4 is 0 Å². The van der Waals surface area contributed by atoms with E-state index in [1.54, 1.807) is 0 Å². The Balaban J connectivity index is 1.58. The van der Waals surface area contributed by atoms with Crippen molar-refractivity contribution < 1.29 is 14.3 Å². The van der Waals surface area contributed by atoms with Crippen molar-refractivity contribution in [2.75, 3.05) is 6.61 Å². The van der Waals surface area contributed by atoms with Crippen LogP contribution in [0.4, 0.5) is 0 Å². The Bertz CT molecular complexity index is 662. The first-order valence-electron chi connectivity index (χ1n) is 10.4. The van der Waals surface area contributed by atoms with Crippen LogP contribution in [0.15, 0.2) is 24.5 Å². The van der Waals surface area contributed by atoms with Crippen LogP contribution in [0.1, 0.15) is 65.2 Å². The van der Waals surface area contributed by atoms with Gasteiger partial charge in [0.15, 0.2) is 11.6 Å². The molecular weight excluding hydrogens is 324 g/mol. The Hall–Kier alpha value is -1.38. The molecule has 0 bridgehead atoms. The van der Waals surface area contributed by atoms with Crippen LogP contribution >= 0.6 is 0 Å². The molecule has 3 fully saturated rings. The fourth-order valence-electron chi connectivity index (χ4n) is 7.33. The molecule has 3 saturated carbocycles. The largest absolute Gasteiger partial charge is 0.494 e. The third-order valence-electron chi connectivity index (χ3n) is 8.69. The number of hydrogen-bond acceptors (Lipinski definition) is 3. The van der Waals surface area contributed by atoms with Crippen molar-refractivity contribution >= 4 is 11.6 Å². The summed E-state index contributed by atoms with van der Waals surface area (Å²) in [5.41, 5.74) is 1.76. The van der Waals surface area contributed by atoms with Gasteiger partial charge in [-0.15, -0.1) is 0 Å². The summed E-state index contributed by atoms with van der Waals surface area (Å²) < 4.78 is 5.21. The van der Waals surface area contributed by atoms with Gasteiger partial charge in [0.2, 0.25) is 0 Å². The molecule has 0 aromatic heterocycles. The molecule has 0 heterocycles. The molecule has 0 amide bonds. The maximum atomic E-state index is 12.7. The number of ether oxygens (including phenoxy) is 1. The van der Waals surface area contributed by atoms with Gasteiger partial charge in [-0.1, -0.05) is 26.0 Å². The van der Waals surface area contributed by atoms with Crippen molar-refractivity contribution in [3.63, 3.8) is 0 Å². The van der Waals surface area contributed by atoms with E-state index < -0.39 is 0 Å². The summed E-state index contributed by atoms with van der Waals surface area (Å²) >= 11 is 0. The van der Waals surface area contributed by atoms with Gasteiger partial charge in [-0.2, -0.15) is 0 Å². The molecule has 142 valence electrons. The molecule has 4 rings (SSSR count). The molecule has 0 saturated heterocycles. The summed E-state index contributed by atoms with van der Waals surface area (Å²) in [6.45, 7) is 8.52. The average Bonchev–Trinajstić information content (AvgIpc) is 2.97. The van der Waals surface area contributed by atoms with Gasteiger partial charge in [0.1, 0.15) is 6.61 Å². The fraction of sp³-hybridized carbons (Fsp3) is 0.739. The Morgan fingerprint density at radius 2 is 2.00 bits per heavy atom. The van der Waals surface area contributed by atoms with Crippen molar-refractivity contribution in [2.45, 2.75) is 65.2 Å². The Morgan fingerprint density at radius 3 is 2.77 bits per heavy atom. The number of rotatable bonds is 4. The third-order valence-corrected chi connectivity index (χ3v) is 8.69. The SMILES string of the molecule is C=COCC(=O)[C@H]1CC[C@H]2[C@@H]3CCC4=CC(=O)CC[C@]4(C)[C@H]3CC[C@]12C. The number of ketones is 2. The first kappa shape index (κ1) is 18.0. The molecule has 4 aliphatic carbocycles. The van der Waals surface area contributed by atoms with Crippen LogP contribution in [0.2, 0.25) is 0 Å². The first-order valence-corrected chi connectivity index (χ1v) is 10.4. The van der Waals surface area contributed by atoms with Crippen LogP contribution in [-0.2, 0) is 14.3 Å². The first-order chi connectivity index (χ1) is 12.4. The van der Waals surface area contributed by atoms with Crippen LogP contribution in [0, 0.1) is 34.5 Å². The zero-order valence-electron chi connectivity index (χ0n) is 16.3. The van der Waals surface area contributed by atoms with E-state index in [0.717, 1.165) is 25.7 Å². The monoisotopic (exact) mass is 356 g/mol. The minimum absolute atomic E-state index is 0.130. The number of carbonyl (C=O) groups is 2. The standard InChI is InChI=1S/C23H32O3/c1-4-26-14-21(25)20-8-7-18-17-6-5-15-13-16(24)9-11-22(15,2)19(17)10-12-23(18,20)3/h4,13,17-20H,1,5-12,14H2,2-3H3/t17-,18-,19-,20+,22-,23-/m0/s1. The lowest BCUT2D eigenvalue weighted by atomic mass is 9.46. The Labute approximate surface area is 157 Å². The normalized spacial score (nSPS) is 44.4. The second-order valence-corrected chi connectivity index (χ2v) is 9.59. The van der Waals surface area contributed by atoms with Gasteiger partial charge in [-0.3, -0.25) is 9.59 Å². The second-order valence-electron chi connectivity index (χ2n) is 9.59. The molecule has 4 aliphatic rings. The predicted molar refractivity (Wildman–Crippen MR) is 101 cm³/mol. The van der Waals surface area contributed by atoms with E-state index in [1.165, 1.54) is 31.1 Å². The van der Waals surface area contributed by atoms with Gasteiger partial charge in [-0.05, 0) is 79.6 Å². The molecule has 0 aromatic rings. The van der Waals surface area contributed by atoms with E-state index in [4.69, 9.17) is 4.74 Å². The highest BCUT2D eigenvalue weighted by Gasteiger charge is 2.60. The molecule has 0 N–H and O–H groups in total. The highest BCUT2D eigenvalue weighted by molar-refractivity contribution is 5.91. The van der Waals surface area contributed by atoms with E-state index in [0.29, 0.717) is 30.0 Å². The second kappa shape index (κ2) is 6.35. The van der Waals surface area contributed by atoms with Crippen molar-refractivity contribution in [3.8, 4) is 0 Å². The van der Waals surface area contributed by atoms with Gasteiger partial charge < -0.3 is 4.74 Å². The van der Waals surface area contributed by atoms with Crippen molar-refractivity contribution in [1.29, 1.82) is 0 Å². The van der Waals surface area contributed by atoms with E-state index in [1.807, 2.05) is 6.08 Å². The zero-order valence-corrected chi connectivity index (χ0v) is 16.3. The molecule has 0 radical (unpaired) electrons. The summed E-state index contributed by atoms with van der Waals surface area (Å²) in [7, 11) is 0. The fourth-order valence-corrected chi connectivity index (χ4v) is 7.33. The van der Waals surface area contributed by atoms with Gasteiger partial charge in [0.05, 0.1) is 6.26 Å². The number of fused-ring (bicyclic) bond motifs is 5. The molecule has 3 nitrogen and oxygen atoms in total. The number of Topliss-reactive ketones (excluding diaryl/α,β-unsaturated/α-hetero) is 1. The minimum Gasteiger partial charge on any atom is -0.494 e. The number of carbonyl (C=O) groups excluding carboxylic acids is 2. The predicted octanol–water partition coefficient (Wildman–Crippen LogP) is 4.86. The molecule has 0 aliphatic heterocycles. The highest BCUT2D eigenvalue weighted by Crippen LogP contribution is 2.66. The molecule has 6 atom stereocenters. The summed E-state index contributed by atoms with van der Waals surface area (Å²) in [6, 6.07) is 0. The van der Waals surface area contributed by atoms with E-state index in [-0.39, 0.29) is 29.1 Å². The smallest absolute Gasteiger partial charge is 0.173 e. The molecule has 0 spiro atoms. The number of hydrogen-bond donors (Lipinski definition) is 0. The molecule has 0 aromatic carbocycles. The van der Waals surface area contributed by atoms with E-state index in [9.17, 15) is 9.59 Å². The van der Waals surface area contributed by atoms with Gasteiger partial charge in [0.25, 0.3) is 0 Å². The highest BCUT2D eigenvalue weighted by atomic mass is 16.5. The van der Waals surface area contributed by atoms with E-state index >= 15 is 0 Å². The minimum atomic E-state index is 0.130. The summed E-state index contributed by atoms with van der Waals surface area (Å²) in [5, 5.41) is 0. The lowest BCUT2D eigenvalue weighted by Crippen LogP contribution is -2.51. The van der Waals surface area contributed by atoms with Gasteiger partial charge in [0, 0.05) is 12.3 Å². The van der Waals surface area contributed by atoms with Crippen LogP contribution in [-0.4, -0.2) is 18.2 Å². The topological polar surface area (TPSA) is 43.4 Å². The molecule has 0 unspecified atom stereocenters. The van der Waals surface area contributed by atoms with Crippen molar-refractivity contribution in [1.82, 2.24) is 0 Å². The third kappa shape index (κ3) is 2.53. The van der Waals surface area contributed by atoms with Crippen LogP contribution in [0.25, 0.3) is 0 Å². The van der Waals surface area contributed by atoms with E-state index in [2.05, 4.69) is 20.4 Å². The zero-order chi connectivity index (χ0) is 18.5. The maximum Gasteiger partial charge on any atom is 0.173 e. The quantitative estimate of drug-likeness (QED) is 0.675. The van der Waals surface area contributed by atoms with Crippen molar-refractivity contribution in [2.24, 2.45) is 34.5 Å². The van der Waals surface area contributed by atoms with Crippen LogP contribution in [0.5, 0.6) is 0 Å². The lowest BCUT2D eigenvalue weighted by molar-refractivity contribution is -0.133. The molecule has 3 heteroatoms. The van der Waals surface area contributed by atoms with Crippen LogP contribution in [0.3, 0.4) is 0 Å². The Morgan fingerprint density at radius 1 is 1.19 bits per heavy atom. The van der Waals surface area contributed by atoms with Gasteiger partial charge in [-0.25, -0.2) is 0 Å². The number of allylic oxidation sites excluding steroid dienone is 1. The summed E-state index contributed by atoms with van der Waals surface area (Å²) in [4.78, 5) is 24.7. The summed E-state index contributed by atoms with van der Waals surface area (Å²) in [5.74, 6) is 2.78. The molecule has 26 heavy (non-hydrogen) atoms. The lowest BCUT2D eigenvalue weighted by Gasteiger charge is -2.58. The summed E-state index contributed by atoms with van der Waals surface area (Å²) in [6.07, 6.45) is 11.9.